The number of anilines is 1. The Balaban J connectivity index is 1.50. The first-order valence-corrected chi connectivity index (χ1v) is 9.82. The number of likely N-dealkylation sites (tertiary alicyclic amines) is 1. The number of piperazine rings is 1. The summed E-state index contributed by atoms with van der Waals surface area (Å²) in [6.45, 7) is 11.1. The van der Waals surface area contributed by atoms with E-state index in [1.165, 1.54) is 16.8 Å². The van der Waals surface area contributed by atoms with Gasteiger partial charge in [0.25, 0.3) is 0 Å². The van der Waals surface area contributed by atoms with Gasteiger partial charge in [-0.2, -0.15) is 0 Å². The second-order valence-electron chi connectivity index (χ2n) is 7.83. The number of hydrogen-bond acceptors (Lipinski definition) is 3. The molecule has 0 bridgehead atoms. The molecule has 0 radical (unpaired) electrons. The lowest BCUT2D eigenvalue weighted by Gasteiger charge is -2.37. The first kappa shape index (κ1) is 18.7. The predicted octanol–water partition coefficient (Wildman–Crippen LogP) is 2.60. The van der Waals surface area contributed by atoms with Crippen molar-refractivity contribution in [3.8, 4) is 0 Å². The largest absolute Gasteiger partial charge is 0.368 e. The molecule has 0 unspecified atom stereocenters. The highest BCUT2D eigenvalue weighted by atomic mass is 16.2. The zero-order valence-electron chi connectivity index (χ0n) is 16.3. The summed E-state index contributed by atoms with van der Waals surface area (Å²) in [4.78, 5) is 31.0. The summed E-state index contributed by atoms with van der Waals surface area (Å²) in [6, 6.07) is 6.37. The van der Waals surface area contributed by atoms with E-state index in [2.05, 4.69) is 43.9 Å². The minimum atomic E-state index is -0.0192. The standard InChI is InChI=1S/C21H31N3O2/c1-16-7-9-23(10-8-16)20(25)15-21(26)24-13-11-22(12-14-24)19-6-4-5-17(2)18(19)3/h4-6,16H,7-15H2,1-3H3. The second-order valence-corrected chi connectivity index (χ2v) is 7.83. The molecule has 0 saturated carbocycles. The summed E-state index contributed by atoms with van der Waals surface area (Å²) >= 11 is 0. The number of amides is 2. The highest BCUT2D eigenvalue weighted by molar-refractivity contribution is 5.97. The lowest BCUT2D eigenvalue weighted by molar-refractivity contribution is -0.141. The Morgan fingerprint density at radius 3 is 2.12 bits per heavy atom. The van der Waals surface area contributed by atoms with Crippen molar-refractivity contribution in [1.82, 2.24) is 9.80 Å². The maximum absolute atomic E-state index is 12.5. The fraction of sp³-hybridized carbons (Fsp3) is 0.619. The van der Waals surface area contributed by atoms with Crippen molar-refractivity contribution >= 4 is 17.5 Å². The number of rotatable bonds is 3. The van der Waals surface area contributed by atoms with Gasteiger partial charge in [-0.05, 0) is 49.8 Å². The Labute approximate surface area is 156 Å². The smallest absolute Gasteiger partial charge is 0.232 e. The average molecular weight is 357 g/mol. The predicted molar refractivity (Wildman–Crippen MR) is 104 cm³/mol. The van der Waals surface area contributed by atoms with E-state index in [0.29, 0.717) is 19.0 Å². The van der Waals surface area contributed by atoms with E-state index in [4.69, 9.17) is 0 Å². The topological polar surface area (TPSA) is 43.9 Å². The molecule has 2 amide bonds. The molecule has 0 spiro atoms. The first-order chi connectivity index (χ1) is 12.5. The number of benzene rings is 1. The van der Waals surface area contributed by atoms with E-state index in [1.807, 2.05) is 9.80 Å². The maximum Gasteiger partial charge on any atom is 0.232 e. The highest BCUT2D eigenvalue weighted by Crippen LogP contribution is 2.24. The zero-order chi connectivity index (χ0) is 18.7. The number of piperidine rings is 1. The van der Waals surface area contributed by atoms with Gasteiger partial charge >= 0.3 is 0 Å². The van der Waals surface area contributed by atoms with Crippen LogP contribution >= 0.6 is 0 Å². The summed E-state index contributed by atoms with van der Waals surface area (Å²) in [5.41, 5.74) is 3.86. The summed E-state index contributed by atoms with van der Waals surface area (Å²) in [7, 11) is 0. The number of aryl methyl sites for hydroxylation is 1. The van der Waals surface area contributed by atoms with E-state index >= 15 is 0 Å². The Morgan fingerprint density at radius 2 is 1.50 bits per heavy atom. The number of nitrogens with zero attached hydrogens (tertiary/aromatic N) is 3. The molecule has 2 aliphatic rings. The van der Waals surface area contributed by atoms with Crippen molar-refractivity contribution in [2.45, 2.75) is 40.0 Å². The summed E-state index contributed by atoms with van der Waals surface area (Å²) in [5.74, 6) is 0.668. The van der Waals surface area contributed by atoms with Crippen molar-refractivity contribution in [2.75, 3.05) is 44.2 Å². The Bertz CT molecular complexity index is 657. The first-order valence-electron chi connectivity index (χ1n) is 9.82. The summed E-state index contributed by atoms with van der Waals surface area (Å²) in [5, 5.41) is 0. The fourth-order valence-electron chi connectivity index (χ4n) is 3.89. The van der Waals surface area contributed by atoms with E-state index in [1.54, 1.807) is 0 Å². The van der Waals surface area contributed by atoms with Crippen molar-refractivity contribution < 1.29 is 9.59 Å². The van der Waals surface area contributed by atoms with Gasteiger partial charge < -0.3 is 14.7 Å². The van der Waals surface area contributed by atoms with Gasteiger partial charge in [-0.15, -0.1) is 0 Å². The number of hydrogen-bond donors (Lipinski definition) is 0. The van der Waals surface area contributed by atoms with Gasteiger partial charge in [0.05, 0.1) is 0 Å². The van der Waals surface area contributed by atoms with Crippen LogP contribution in [0.5, 0.6) is 0 Å². The molecule has 2 aliphatic heterocycles. The highest BCUT2D eigenvalue weighted by Gasteiger charge is 2.27. The molecule has 2 heterocycles. The van der Waals surface area contributed by atoms with Crippen molar-refractivity contribution in [1.29, 1.82) is 0 Å². The number of carbonyl (C=O) groups excluding carboxylic acids is 2. The van der Waals surface area contributed by atoms with Crippen LogP contribution in [0.1, 0.15) is 37.3 Å². The van der Waals surface area contributed by atoms with Crippen molar-refractivity contribution in [3.05, 3.63) is 29.3 Å². The quantitative estimate of drug-likeness (QED) is 0.781. The molecule has 142 valence electrons. The lowest BCUT2D eigenvalue weighted by atomic mass is 9.99. The van der Waals surface area contributed by atoms with Gasteiger partial charge in [-0.3, -0.25) is 9.59 Å². The van der Waals surface area contributed by atoms with Crippen molar-refractivity contribution in [2.24, 2.45) is 5.92 Å². The third kappa shape index (κ3) is 4.19. The van der Waals surface area contributed by atoms with E-state index in [9.17, 15) is 9.59 Å². The molecule has 3 rings (SSSR count). The molecule has 1 aromatic rings. The Hall–Kier alpha value is -2.04. The molecule has 26 heavy (non-hydrogen) atoms. The van der Waals surface area contributed by atoms with Gasteiger partial charge in [0.1, 0.15) is 6.42 Å². The molecule has 2 fully saturated rings. The van der Waals surface area contributed by atoms with Crippen LogP contribution < -0.4 is 4.90 Å². The molecular weight excluding hydrogens is 326 g/mol. The van der Waals surface area contributed by atoms with Crippen LogP contribution in [0.3, 0.4) is 0 Å². The zero-order valence-corrected chi connectivity index (χ0v) is 16.3. The SMILES string of the molecule is Cc1cccc(N2CCN(C(=O)CC(=O)N3CCC(C)CC3)CC2)c1C. The van der Waals surface area contributed by atoms with Gasteiger partial charge in [-0.1, -0.05) is 19.1 Å². The minimum Gasteiger partial charge on any atom is -0.368 e. The molecule has 0 N–H and O–H groups in total. The lowest BCUT2D eigenvalue weighted by Crippen LogP contribution is -2.50. The van der Waals surface area contributed by atoms with Gasteiger partial charge in [0.15, 0.2) is 0 Å². The summed E-state index contributed by atoms with van der Waals surface area (Å²) in [6.07, 6.45) is 2.13. The van der Waals surface area contributed by atoms with Crippen LogP contribution in [0.15, 0.2) is 18.2 Å². The van der Waals surface area contributed by atoms with Crippen LogP contribution in [0, 0.1) is 19.8 Å². The molecule has 0 aromatic heterocycles. The van der Waals surface area contributed by atoms with Crippen molar-refractivity contribution in [3.63, 3.8) is 0 Å². The number of carbonyl (C=O) groups is 2. The monoisotopic (exact) mass is 357 g/mol. The second kappa shape index (κ2) is 8.11. The van der Waals surface area contributed by atoms with E-state index in [0.717, 1.165) is 39.0 Å². The average Bonchev–Trinajstić information content (AvgIpc) is 2.64. The summed E-state index contributed by atoms with van der Waals surface area (Å²) < 4.78 is 0. The molecule has 0 aliphatic carbocycles. The third-order valence-corrected chi connectivity index (χ3v) is 5.99. The van der Waals surface area contributed by atoms with Crippen LogP contribution in [-0.2, 0) is 9.59 Å². The molecular formula is C21H31N3O2. The van der Waals surface area contributed by atoms with Crippen LogP contribution in [-0.4, -0.2) is 60.9 Å². The maximum atomic E-state index is 12.5. The molecule has 0 atom stereocenters. The van der Waals surface area contributed by atoms with Gasteiger partial charge in [0.2, 0.25) is 11.8 Å². The van der Waals surface area contributed by atoms with Crippen LogP contribution in [0.4, 0.5) is 5.69 Å². The normalized spacial score (nSPS) is 19.0. The molecule has 5 heteroatoms. The third-order valence-electron chi connectivity index (χ3n) is 5.99. The fourth-order valence-corrected chi connectivity index (χ4v) is 3.89. The Morgan fingerprint density at radius 1 is 0.923 bits per heavy atom. The van der Waals surface area contributed by atoms with Crippen LogP contribution in [0.25, 0.3) is 0 Å². The minimum absolute atomic E-state index is 0.00106. The van der Waals surface area contributed by atoms with Gasteiger partial charge in [0, 0.05) is 45.0 Å². The van der Waals surface area contributed by atoms with E-state index < -0.39 is 0 Å². The molecule has 1 aromatic carbocycles. The van der Waals surface area contributed by atoms with Crippen LogP contribution in [0.2, 0.25) is 0 Å². The van der Waals surface area contributed by atoms with Gasteiger partial charge in [-0.25, -0.2) is 0 Å². The molecule has 2 saturated heterocycles. The molecule has 5 nitrogen and oxygen atoms in total. The van der Waals surface area contributed by atoms with E-state index in [-0.39, 0.29) is 18.2 Å². The Kier molecular flexibility index (Phi) is 5.84.